The number of carbonyl (C=O) groups is 3. The van der Waals surface area contributed by atoms with E-state index in [0.717, 1.165) is 32.0 Å². The van der Waals surface area contributed by atoms with Crippen molar-refractivity contribution < 1.29 is 28.5 Å². The number of esters is 1. The van der Waals surface area contributed by atoms with Crippen molar-refractivity contribution in [2.24, 2.45) is 5.16 Å². The van der Waals surface area contributed by atoms with Crippen LogP contribution in [0.2, 0.25) is 0 Å². The van der Waals surface area contributed by atoms with Crippen molar-refractivity contribution in [3.05, 3.63) is 165 Å². The van der Waals surface area contributed by atoms with E-state index in [1.807, 2.05) is 92.0 Å². The molecule has 61 heavy (non-hydrogen) atoms. The first-order valence-electron chi connectivity index (χ1n) is 19.6. The average molecular weight is 871 g/mol. The first-order chi connectivity index (χ1) is 29.5. The fraction of sp³-hybridized carbons (Fsp3) is 0.239. The lowest BCUT2D eigenvalue weighted by Crippen LogP contribution is -2.73. The predicted octanol–water partition coefficient (Wildman–Crippen LogP) is 7.36. The van der Waals surface area contributed by atoms with Gasteiger partial charge in [0, 0.05) is 22.1 Å². The SMILES string of the molecule is CO/N=C(\C(=O)N[C@@H]1C(=O)N2C(C(=O)OC(C)(C)C)=C(/C=C/C[n+]3cccc4nc(C)sc43)SC[C@H]12)c1csc(NC(c2ccccc2)(c2ccccc2)c2ccccc2)n1. The van der Waals surface area contributed by atoms with Crippen LogP contribution in [0.25, 0.3) is 10.3 Å². The van der Waals surface area contributed by atoms with Gasteiger partial charge in [-0.25, -0.2) is 14.8 Å². The number of rotatable bonds is 13. The fourth-order valence-corrected chi connectivity index (χ4v) is 10.4. The van der Waals surface area contributed by atoms with E-state index in [1.54, 1.807) is 37.5 Å². The van der Waals surface area contributed by atoms with Crippen molar-refractivity contribution in [3.63, 3.8) is 0 Å². The summed E-state index contributed by atoms with van der Waals surface area (Å²) < 4.78 is 7.90. The zero-order chi connectivity index (χ0) is 42.7. The number of nitrogens with one attached hydrogen (secondary N) is 2. The molecule has 2 aliphatic rings. The smallest absolute Gasteiger partial charge is 0.356 e. The molecule has 0 spiro atoms. The van der Waals surface area contributed by atoms with Crippen molar-refractivity contribution in [2.75, 3.05) is 18.2 Å². The van der Waals surface area contributed by atoms with Gasteiger partial charge < -0.3 is 20.2 Å². The second kappa shape index (κ2) is 17.4. The van der Waals surface area contributed by atoms with Crippen LogP contribution < -0.4 is 15.2 Å². The number of fused-ring (bicyclic) bond motifs is 2. The quantitative estimate of drug-likeness (QED) is 0.0305. The van der Waals surface area contributed by atoms with E-state index in [4.69, 9.17) is 14.6 Å². The van der Waals surface area contributed by atoms with Gasteiger partial charge in [0.15, 0.2) is 23.6 Å². The summed E-state index contributed by atoms with van der Waals surface area (Å²) in [5.74, 6) is -1.25. The number of benzene rings is 3. The Kier molecular flexibility index (Phi) is 11.9. The highest BCUT2D eigenvalue weighted by Crippen LogP contribution is 2.42. The van der Waals surface area contributed by atoms with Crippen LogP contribution in [0.5, 0.6) is 0 Å². The molecule has 2 N–H and O–H groups in total. The van der Waals surface area contributed by atoms with Gasteiger partial charge in [0.25, 0.3) is 16.6 Å². The van der Waals surface area contributed by atoms with Crippen LogP contribution in [0.1, 0.15) is 48.2 Å². The summed E-state index contributed by atoms with van der Waals surface area (Å²) in [5.41, 5.74) is 2.57. The van der Waals surface area contributed by atoms with Gasteiger partial charge in [-0.1, -0.05) is 107 Å². The number of amides is 2. The molecule has 1 fully saturated rings. The number of carbonyl (C=O) groups excluding carboxylic acids is 3. The molecule has 0 unspecified atom stereocenters. The number of allylic oxidation sites excluding steroid dienone is 2. The van der Waals surface area contributed by atoms with Gasteiger partial charge in [0.05, 0.1) is 11.0 Å². The first-order valence-corrected chi connectivity index (χ1v) is 22.3. The number of aryl methyl sites for hydroxylation is 1. The molecule has 15 heteroatoms. The van der Waals surface area contributed by atoms with Crippen molar-refractivity contribution in [1.29, 1.82) is 0 Å². The summed E-state index contributed by atoms with van der Waals surface area (Å²) in [6.07, 6.45) is 5.80. The van der Waals surface area contributed by atoms with E-state index in [9.17, 15) is 14.4 Å². The maximum atomic E-state index is 14.1. The molecule has 2 aliphatic heterocycles. The number of hydrogen-bond acceptors (Lipinski definition) is 12. The third-order valence-electron chi connectivity index (χ3n) is 10.1. The first kappa shape index (κ1) is 41.6. The molecule has 310 valence electrons. The average Bonchev–Trinajstić information content (AvgIpc) is 3.89. The summed E-state index contributed by atoms with van der Waals surface area (Å²) >= 11 is 4.37. The standard InChI is InChI=1S/C46H43N7O5S3/c1-29-47-33-23-15-25-52(42(33)61-29)26-16-24-36-39(43(56)58-45(2,3)4)53-35(28-59-36)38(41(53)55)49-40(54)37(51-57-5)34-27-60-44(48-34)50-46(30-17-9-6-10-18-30,31-19-11-7-12-20-31)32-21-13-8-14-22-32/h6-25,27,35,38H,26,28H2,1-5H3,(H-,48,49,50,54)/p+1/b24-16+,51-37-/t35-,38+/m1/s1. The van der Waals surface area contributed by atoms with Crippen LogP contribution in [0.3, 0.4) is 0 Å². The van der Waals surface area contributed by atoms with E-state index in [0.29, 0.717) is 22.3 Å². The maximum absolute atomic E-state index is 14.1. The van der Waals surface area contributed by atoms with Gasteiger partial charge in [-0.3, -0.25) is 14.5 Å². The number of β-lactam (4-membered cyclic amide) rings is 1. The summed E-state index contributed by atoms with van der Waals surface area (Å²) in [4.78, 5) is 59.6. The Morgan fingerprint density at radius 2 is 1.57 bits per heavy atom. The molecule has 6 aromatic rings. The summed E-state index contributed by atoms with van der Waals surface area (Å²) in [7, 11) is 1.35. The van der Waals surface area contributed by atoms with E-state index in [-0.39, 0.29) is 17.1 Å². The highest BCUT2D eigenvalue weighted by atomic mass is 32.2. The molecule has 1 saturated heterocycles. The molecule has 0 bridgehead atoms. The molecular formula is C46H44N7O5S3+. The highest BCUT2D eigenvalue weighted by Gasteiger charge is 2.54. The van der Waals surface area contributed by atoms with Gasteiger partial charge in [0.2, 0.25) is 0 Å². The van der Waals surface area contributed by atoms with Crippen LogP contribution in [-0.2, 0) is 36.0 Å². The number of hydrogen-bond donors (Lipinski definition) is 2. The van der Waals surface area contributed by atoms with E-state index in [2.05, 4.69) is 61.7 Å². The molecule has 0 aliphatic carbocycles. The van der Waals surface area contributed by atoms with Crippen molar-refractivity contribution in [1.82, 2.24) is 20.2 Å². The number of pyridine rings is 1. The second-order valence-corrected chi connectivity index (χ2v) is 18.5. The minimum Gasteiger partial charge on any atom is -0.455 e. The molecule has 0 saturated carbocycles. The zero-order valence-electron chi connectivity index (χ0n) is 34.2. The lowest BCUT2D eigenvalue weighted by molar-refractivity contribution is -0.659. The van der Waals surface area contributed by atoms with Crippen molar-refractivity contribution in [3.8, 4) is 0 Å². The lowest BCUT2D eigenvalue weighted by Gasteiger charge is -2.50. The Bertz CT molecular complexity index is 2580. The van der Waals surface area contributed by atoms with E-state index < -0.39 is 41.0 Å². The largest absolute Gasteiger partial charge is 0.455 e. The third kappa shape index (κ3) is 8.45. The van der Waals surface area contributed by atoms with Gasteiger partial charge in [-0.05, 0) is 62.6 Å². The van der Waals surface area contributed by atoms with Crippen LogP contribution in [0, 0.1) is 6.92 Å². The van der Waals surface area contributed by atoms with Gasteiger partial charge >= 0.3 is 5.97 Å². The second-order valence-electron chi connectivity index (χ2n) is 15.4. The Hall–Kier alpha value is -6.16. The van der Waals surface area contributed by atoms with Crippen LogP contribution in [0.15, 0.2) is 143 Å². The monoisotopic (exact) mass is 870 g/mol. The van der Waals surface area contributed by atoms with Gasteiger partial charge in [-0.15, -0.1) is 23.1 Å². The van der Waals surface area contributed by atoms with Gasteiger partial charge in [-0.2, -0.15) is 4.57 Å². The lowest BCUT2D eigenvalue weighted by atomic mass is 9.77. The molecule has 12 nitrogen and oxygen atoms in total. The molecule has 0 radical (unpaired) electrons. The van der Waals surface area contributed by atoms with E-state index in [1.165, 1.54) is 35.1 Å². The summed E-state index contributed by atoms with van der Waals surface area (Å²) in [5, 5.41) is 13.9. The highest BCUT2D eigenvalue weighted by molar-refractivity contribution is 8.03. The van der Waals surface area contributed by atoms with Crippen LogP contribution in [0.4, 0.5) is 5.13 Å². The molecule has 8 rings (SSSR count). The molecule has 5 heterocycles. The number of ether oxygens (including phenoxy) is 1. The van der Waals surface area contributed by atoms with Crippen molar-refractivity contribution >= 4 is 73.4 Å². The minimum absolute atomic E-state index is 0.0959. The van der Waals surface area contributed by atoms with Crippen LogP contribution in [-0.4, -0.2) is 68.9 Å². The molecule has 2 atom stereocenters. The summed E-state index contributed by atoms with van der Waals surface area (Å²) in [6, 6.07) is 32.9. The molecule has 3 aromatic carbocycles. The Morgan fingerprint density at radius 1 is 0.934 bits per heavy atom. The zero-order valence-corrected chi connectivity index (χ0v) is 36.6. The molecule has 3 aromatic heterocycles. The van der Waals surface area contributed by atoms with E-state index >= 15 is 0 Å². The number of oxime groups is 1. The number of thiazole rings is 2. The van der Waals surface area contributed by atoms with Gasteiger partial charge in [0.1, 0.15) is 41.2 Å². The topological polar surface area (TPSA) is 139 Å². The maximum Gasteiger partial charge on any atom is 0.356 e. The third-order valence-corrected chi connectivity index (χ3v) is 13.1. The predicted molar refractivity (Wildman–Crippen MR) is 240 cm³/mol. The minimum atomic E-state index is -0.925. The van der Waals surface area contributed by atoms with Crippen molar-refractivity contribution in [2.45, 2.75) is 57.5 Å². The number of thioether (sulfide) groups is 1. The molecule has 2 amide bonds. The normalized spacial score (nSPS) is 17.0. The Labute approximate surface area is 366 Å². The number of anilines is 1. The summed E-state index contributed by atoms with van der Waals surface area (Å²) in [6.45, 7) is 7.85. The Morgan fingerprint density at radius 3 is 2.18 bits per heavy atom. The molecular weight excluding hydrogens is 827 g/mol. The number of aromatic nitrogens is 3. The van der Waals surface area contributed by atoms with Crippen LogP contribution >= 0.6 is 34.4 Å². The number of nitrogens with zero attached hydrogens (tertiary/aromatic N) is 5. The fourth-order valence-electron chi connectivity index (χ4n) is 7.52. The Balaban J connectivity index is 1.04.